The first-order chi connectivity index (χ1) is 5.76. The number of carbonyl (C=O) groups excluding carboxylic acids is 1. The van der Waals surface area contributed by atoms with E-state index in [1.807, 2.05) is 6.20 Å². The highest BCUT2D eigenvalue weighted by atomic mass is 32.1. The molecule has 0 N–H and O–H groups in total. The SMILES string of the molecule is CCc1cnc(CC(=O)OC)s1. The lowest BCUT2D eigenvalue weighted by molar-refractivity contribution is -0.139. The Morgan fingerprint density at radius 2 is 2.50 bits per heavy atom. The zero-order valence-corrected chi connectivity index (χ0v) is 7.98. The average molecular weight is 185 g/mol. The van der Waals surface area contributed by atoms with E-state index >= 15 is 0 Å². The molecule has 0 atom stereocenters. The standard InChI is InChI=1S/C8H11NO2S/c1-3-6-5-9-7(12-6)4-8(10)11-2/h5H,3-4H2,1-2H3. The fourth-order valence-corrected chi connectivity index (χ4v) is 1.64. The van der Waals surface area contributed by atoms with Crippen molar-refractivity contribution < 1.29 is 9.53 Å². The summed E-state index contributed by atoms with van der Waals surface area (Å²) in [7, 11) is 1.39. The third kappa shape index (κ3) is 2.30. The quantitative estimate of drug-likeness (QED) is 0.668. The Morgan fingerprint density at radius 1 is 1.75 bits per heavy atom. The number of thiazole rings is 1. The van der Waals surface area contributed by atoms with E-state index in [9.17, 15) is 4.79 Å². The minimum Gasteiger partial charge on any atom is -0.469 e. The fraction of sp³-hybridized carbons (Fsp3) is 0.500. The average Bonchev–Trinajstić information content (AvgIpc) is 2.52. The molecule has 0 saturated carbocycles. The molecular formula is C8H11NO2S. The number of aryl methyl sites for hydroxylation is 1. The van der Waals surface area contributed by atoms with Crippen LogP contribution in [-0.2, 0) is 22.4 Å². The lowest BCUT2D eigenvalue weighted by atomic mass is 10.4. The molecule has 0 aliphatic heterocycles. The van der Waals surface area contributed by atoms with Crippen LogP contribution >= 0.6 is 11.3 Å². The zero-order valence-electron chi connectivity index (χ0n) is 7.16. The highest BCUT2D eigenvalue weighted by Gasteiger charge is 2.06. The van der Waals surface area contributed by atoms with Crippen molar-refractivity contribution in [2.45, 2.75) is 19.8 Å². The topological polar surface area (TPSA) is 39.2 Å². The van der Waals surface area contributed by atoms with E-state index in [0.29, 0.717) is 6.42 Å². The molecule has 0 amide bonds. The molecule has 0 bridgehead atoms. The minimum atomic E-state index is -0.230. The van der Waals surface area contributed by atoms with Crippen molar-refractivity contribution in [2.75, 3.05) is 7.11 Å². The van der Waals surface area contributed by atoms with E-state index in [1.54, 1.807) is 11.3 Å². The zero-order chi connectivity index (χ0) is 8.97. The van der Waals surface area contributed by atoms with Crippen molar-refractivity contribution in [3.05, 3.63) is 16.1 Å². The van der Waals surface area contributed by atoms with Crippen molar-refractivity contribution in [1.82, 2.24) is 4.98 Å². The first-order valence-corrected chi connectivity index (χ1v) is 4.58. The van der Waals surface area contributed by atoms with Crippen molar-refractivity contribution in [2.24, 2.45) is 0 Å². The molecule has 0 saturated heterocycles. The normalized spacial score (nSPS) is 9.83. The molecule has 12 heavy (non-hydrogen) atoms. The Hall–Kier alpha value is -0.900. The Bertz CT molecular complexity index is 270. The van der Waals surface area contributed by atoms with Crippen LogP contribution in [0.2, 0.25) is 0 Å². The molecule has 0 aliphatic rings. The molecule has 1 aromatic rings. The van der Waals surface area contributed by atoms with Gasteiger partial charge in [-0.15, -0.1) is 11.3 Å². The molecule has 4 heteroatoms. The smallest absolute Gasteiger partial charge is 0.312 e. The molecule has 0 unspecified atom stereocenters. The van der Waals surface area contributed by atoms with Gasteiger partial charge in [0.2, 0.25) is 0 Å². The van der Waals surface area contributed by atoms with Gasteiger partial charge < -0.3 is 4.74 Å². The maximum Gasteiger partial charge on any atom is 0.312 e. The van der Waals surface area contributed by atoms with Gasteiger partial charge >= 0.3 is 5.97 Å². The number of esters is 1. The van der Waals surface area contributed by atoms with Crippen molar-refractivity contribution in [3.63, 3.8) is 0 Å². The van der Waals surface area contributed by atoms with Gasteiger partial charge in [-0.05, 0) is 6.42 Å². The van der Waals surface area contributed by atoms with E-state index in [1.165, 1.54) is 12.0 Å². The largest absolute Gasteiger partial charge is 0.469 e. The van der Waals surface area contributed by atoms with Gasteiger partial charge in [-0.2, -0.15) is 0 Å². The van der Waals surface area contributed by atoms with E-state index in [-0.39, 0.29) is 5.97 Å². The monoisotopic (exact) mass is 185 g/mol. The summed E-state index contributed by atoms with van der Waals surface area (Å²) < 4.78 is 4.52. The summed E-state index contributed by atoms with van der Waals surface area (Å²) in [6.07, 6.45) is 3.07. The molecule has 0 fully saturated rings. The molecule has 1 rings (SSSR count). The third-order valence-corrected chi connectivity index (χ3v) is 2.61. The Morgan fingerprint density at radius 3 is 3.00 bits per heavy atom. The van der Waals surface area contributed by atoms with Crippen molar-refractivity contribution >= 4 is 17.3 Å². The molecule has 66 valence electrons. The van der Waals surface area contributed by atoms with Gasteiger partial charge in [0.25, 0.3) is 0 Å². The van der Waals surface area contributed by atoms with E-state index in [4.69, 9.17) is 0 Å². The molecule has 0 radical (unpaired) electrons. The molecule has 1 aromatic heterocycles. The highest BCUT2D eigenvalue weighted by molar-refractivity contribution is 7.11. The predicted molar refractivity (Wildman–Crippen MR) is 47.2 cm³/mol. The number of hydrogen-bond acceptors (Lipinski definition) is 4. The van der Waals surface area contributed by atoms with Crippen molar-refractivity contribution in [1.29, 1.82) is 0 Å². The Kier molecular flexibility index (Phi) is 3.22. The molecule has 1 heterocycles. The number of aromatic nitrogens is 1. The van der Waals surface area contributed by atoms with E-state index < -0.39 is 0 Å². The maximum absolute atomic E-state index is 10.8. The molecule has 0 aliphatic carbocycles. The van der Waals surface area contributed by atoms with Gasteiger partial charge in [-0.3, -0.25) is 4.79 Å². The summed E-state index contributed by atoms with van der Waals surface area (Å²) in [5, 5.41) is 0.832. The van der Waals surface area contributed by atoms with Crippen LogP contribution in [0.5, 0.6) is 0 Å². The second-order valence-corrected chi connectivity index (χ2v) is 3.53. The van der Waals surface area contributed by atoms with Crippen LogP contribution in [0.15, 0.2) is 6.20 Å². The van der Waals surface area contributed by atoms with E-state index in [2.05, 4.69) is 16.6 Å². The summed E-state index contributed by atoms with van der Waals surface area (Å²) in [4.78, 5) is 16.1. The summed E-state index contributed by atoms with van der Waals surface area (Å²) in [6.45, 7) is 2.06. The summed E-state index contributed by atoms with van der Waals surface area (Å²) in [6, 6.07) is 0. The second-order valence-electron chi connectivity index (χ2n) is 2.33. The number of methoxy groups -OCH3 is 1. The van der Waals surface area contributed by atoms with Crippen molar-refractivity contribution in [3.8, 4) is 0 Å². The first-order valence-electron chi connectivity index (χ1n) is 3.76. The number of ether oxygens (including phenoxy) is 1. The van der Waals surface area contributed by atoms with Gasteiger partial charge in [-0.25, -0.2) is 4.98 Å². The number of rotatable bonds is 3. The van der Waals surface area contributed by atoms with Crippen LogP contribution in [0, 0.1) is 0 Å². The van der Waals surface area contributed by atoms with Gasteiger partial charge in [0.1, 0.15) is 5.01 Å². The highest BCUT2D eigenvalue weighted by Crippen LogP contribution is 2.13. The molecular weight excluding hydrogens is 174 g/mol. The minimum absolute atomic E-state index is 0.230. The van der Waals surface area contributed by atoms with Crippen LogP contribution in [0.1, 0.15) is 16.8 Å². The molecule has 0 aromatic carbocycles. The second kappa shape index (κ2) is 4.21. The summed E-state index contributed by atoms with van der Waals surface area (Å²) >= 11 is 1.56. The van der Waals surface area contributed by atoms with Gasteiger partial charge in [-0.1, -0.05) is 6.92 Å². The number of carbonyl (C=O) groups is 1. The van der Waals surface area contributed by atoms with Gasteiger partial charge in [0.15, 0.2) is 0 Å². The van der Waals surface area contributed by atoms with Gasteiger partial charge in [0.05, 0.1) is 13.5 Å². The molecule has 0 spiro atoms. The van der Waals surface area contributed by atoms with Crippen LogP contribution < -0.4 is 0 Å². The first kappa shape index (κ1) is 9.19. The lowest BCUT2D eigenvalue weighted by Gasteiger charge is -1.93. The Balaban J connectivity index is 2.58. The number of hydrogen-bond donors (Lipinski definition) is 0. The van der Waals surface area contributed by atoms with Crippen LogP contribution in [0.3, 0.4) is 0 Å². The number of nitrogens with zero attached hydrogens (tertiary/aromatic N) is 1. The lowest BCUT2D eigenvalue weighted by Crippen LogP contribution is -2.03. The third-order valence-electron chi connectivity index (χ3n) is 1.47. The molecule has 3 nitrogen and oxygen atoms in total. The fourth-order valence-electron chi connectivity index (χ4n) is 0.789. The maximum atomic E-state index is 10.8. The predicted octanol–water partition coefficient (Wildman–Crippen LogP) is 1.42. The van der Waals surface area contributed by atoms with E-state index in [0.717, 1.165) is 11.4 Å². The van der Waals surface area contributed by atoms with Crippen LogP contribution in [0.25, 0.3) is 0 Å². The summed E-state index contributed by atoms with van der Waals surface area (Å²) in [5.74, 6) is -0.230. The Labute approximate surface area is 75.4 Å². The summed E-state index contributed by atoms with van der Waals surface area (Å²) in [5.41, 5.74) is 0. The van der Waals surface area contributed by atoms with Gasteiger partial charge in [0, 0.05) is 11.1 Å². The van der Waals surface area contributed by atoms with Crippen LogP contribution in [0.4, 0.5) is 0 Å². The van der Waals surface area contributed by atoms with Crippen LogP contribution in [-0.4, -0.2) is 18.1 Å².